The van der Waals surface area contributed by atoms with Crippen LogP contribution in [0.1, 0.15) is 59.3 Å². The van der Waals surface area contributed by atoms with Crippen LogP contribution in [0, 0.1) is 17.3 Å². The summed E-state index contributed by atoms with van der Waals surface area (Å²) >= 11 is 0. The van der Waals surface area contributed by atoms with Gasteiger partial charge in [-0.3, -0.25) is 0 Å². The van der Waals surface area contributed by atoms with Gasteiger partial charge in [0.05, 0.1) is 18.0 Å². The monoisotopic (exact) mass is 298 g/mol. The van der Waals surface area contributed by atoms with Crippen molar-refractivity contribution in [2.24, 2.45) is 17.3 Å². The molecule has 1 rings (SSSR count). The molecule has 1 aliphatic carbocycles. The molecule has 122 valence electrons. The normalized spacial score (nSPS) is 30.6. The highest BCUT2D eigenvalue weighted by Gasteiger charge is 2.43. The van der Waals surface area contributed by atoms with E-state index in [4.69, 9.17) is 0 Å². The topological polar surface area (TPSA) is 77.8 Å². The van der Waals surface area contributed by atoms with Gasteiger partial charge in [-0.15, -0.1) is 0 Å². The first kappa shape index (κ1) is 18.2. The maximum atomic E-state index is 10.7. The van der Waals surface area contributed by atoms with Crippen LogP contribution in [0.5, 0.6) is 0 Å². The highest BCUT2D eigenvalue weighted by Crippen LogP contribution is 2.39. The number of carbonyl (C=O) groups is 1. The van der Waals surface area contributed by atoms with Crippen molar-refractivity contribution in [3.8, 4) is 0 Å². The summed E-state index contributed by atoms with van der Waals surface area (Å²) in [6.07, 6.45) is 5.51. The molecule has 1 fully saturated rings. The fourth-order valence-electron chi connectivity index (χ4n) is 3.20. The van der Waals surface area contributed by atoms with Crippen LogP contribution in [0.25, 0.3) is 0 Å². The minimum Gasteiger partial charge on any atom is -0.512 e. The van der Waals surface area contributed by atoms with E-state index in [-0.39, 0.29) is 29.9 Å². The van der Waals surface area contributed by atoms with Crippen LogP contribution < -0.4 is 0 Å². The second-order valence-corrected chi connectivity index (χ2v) is 7.06. The maximum absolute atomic E-state index is 10.7. The first-order valence-corrected chi connectivity index (χ1v) is 8.01. The van der Waals surface area contributed by atoms with Gasteiger partial charge in [-0.05, 0) is 24.3 Å². The Morgan fingerprint density at radius 1 is 1.29 bits per heavy atom. The third-order valence-corrected chi connectivity index (χ3v) is 4.63. The maximum Gasteiger partial charge on any atom is 0.120 e. The number of aldehydes is 1. The first-order valence-electron chi connectivity index (χ1n) is 8.01. The molecule has 0 bridgehead atoms. The number of unbranched alkanes of at least 4 members (excludes halogenated alkanes) is 1. The van der Waals surface area contributed by atoms with Crippen LogP contribution in [0.4, 0.5) is 0 Å². The van der Waals surface area contributed by atoms with Crippen molar-refractivity contribution < 1.29 is 20.1 Å². The number of carbonyl (C=O) groups excluding carboxylic acids is 1. The largest absolute Gasteiger partial charge is 0.512 e. The van der Waals surface area contributed by atoms with Gasteiger partial charge >= 0.3 is 0 Å². The summed E-state index contributed by atoms with van der Waals surface area (Å²) in [5, 5.41) is 30.2. The molecular formula is C17H30O4. The number of hydrogen-bond acceptors (Lipinski definition) is 4. The summed E-state index contributed by atoms with van der Waals surface area (Å²) in [6.45, 7) is 6.48. The lowest BCUT2D eigenvalue weighted by molar-refractivity contribution is -0.109. The van der Waals surface area contributed by atoms with Crippen molar-refractivity contribution in [1.29, 1.82) is 0 Å². The van der Waals surface area contributed by atoms with Crippen molar-refractivity contribution >= 4 is 6.29 Å². The smallest absolute Gasteiger partial charge is 0.120 e. The Bertz CT molecular complexity index is 362. The van der Waals surface area contributed by atoms with E-state index in [2.05, 4.69) is 20.8 Å². The van der Waals surface area contributed by atoms with Gasteiger partial charge < -0.3 is 20.1 Å². The summed E-state index contributed by atoms with van der Waals surface area (Å²) in [7, 11) is 0. The molecule has 0 spiro atoms. The van der Waals surface area contributed by atoms with Gasteiger partial charge in [0, 0.05) is 24.7 Å². The van der Waals surface area contributed by atoms with Crippen molar-refractivity contribution in [2.45, 2.75) is 71.5 Å². The summed E-state index contributed by atoms with van der Waals surface area (Å²) in [4.78, 5) is 10.7. The van der Waals surface area contributed by atoms with E-state index in [0.29, 0.717) is 0 Å². The van der Waals surface area contributed by atoms with Crippen LogP contribution in [0.15, 0.2) is 11.8 Å². The number of rotatable bonds is 8. The van der Waals surface area contributed by atoms with Crippen molar-refractivity contribution in [3.05, 3.63) is 11.8 Å². The van der Waals surface area contributed by atoms with Crippen molar-refractivity contribution in [1.82, 2.24) is 0 Å². The molecular weight excluding hydrogens is 268 g/mol. The molecule has 0 amide bonds. The molecule has 4 heteroatoms. The van der Waals surface area contributed by atoms with E-state index in [0.717, 1.165) is 32.0 Å². The Balaban J connectivity index is 2.73. The van der Waals surface area contributed by atoms with E-state index in [1.54, 1.807) is 6.08 Å². The van der Waals surface area contributed by atoms with E-state index in [1.165, 1.54) is 0 Å². The first-order chi connectivity index (χ1) is 9.82. The Labute approximate surface area is 127 Å². The molecule has 0 aliphatic heterocycles. The van der Waals surface area contributed by atoms with Gasteiger partial charge in [0.1, 0.15) is 6.29 Å². The van der Waals surface area contributed by atoms with Gasteiger partial charge in [-0.1, -0.05) is 33.6 Å². The predicted molar refractivity (Wildman–Crippen MR) is 82.9 cm³/mol. The SMILES string of the molecule is CCCCC(C)(C)CC=C(O)[C@H]1[C@H](CC=O)[C@H](O)C[C@@H]1O. The molecule has 0 aromatic rings. The lowest BCUT2D eigenvalue weighted by Gasteiger charge is -2.25. The predicted octanol–water partition coefficient (Wildman–Crippen LogP) is 2.98. The van der Waals surface area contributed by atoms with Crippen molar-refractivity contribution in [2.75, 3.05) is 0 Å². The Hall–Kier alpha value is -0.870. The lowest BCUT2D eigenvalue weighted by atomic mass is 9.82. The third kappa shape index (κ3) is 5.11. The molecule has 3 N–H and O–H groups in total. The van der Waals surface area contributed by atoms with E-state index in [1.807, 2.05) is 0 Å². The summed E-state index contributed by atoms with van der Waals surface area (Å²) in [5.74, 6) is -0.782. The highest BCUT2D eigenvalue weighted by molar-refractivity contribution is 5.50. The van der Waals surface area contributed by atoms with Crippen LogP contribution >= 0.6 is 0 Å². The lowest BCUT2D eigenvalue weighted by Crippen LogP contribution is -2.25. The molecule has 0 unspecified atom stereocenters. The van der Waals surface area contributed by atoms with Gasteiger partial charge in [0.2, 0.25) is 0 Å². The minimum atomic E-state index is -0.778. The molecule has 4 nitrogen and oxygen atoms in total. The molecule has 4 atom stereocenters. The van der Waals surface area contributed by atoms with Crippen LogP contribution in [0.3, 0.4) is 0 Å². The van der Waals surface area contributed by atoms with E-state index >= 15 is 0 Å². The van der Waals surface area contributed by atoms with Crippen LogP contribution in [-0.4, -0.2) is 33.8 Å². The van der Waals surface area contributed by atoms with Gasteiger partial charge in [-0.2, -0.15) is 0 Å². The Morgan fingerprint density at radius 2 is 1.95 bits per heavy atom. The quantitative estimate of drug-likeness (QED) is 0.475. The molecule has 1 saturated carbocycles. The fourth-order valence-corrected chi connectivity index (χ4v) is 3.20. The summed E-state index contributed by atoms with van der Waals surface area (Å²) < 4.78 is 0. The summed E-state index contributed by atoms with van der Waals surface area (Å²) in [5.41, 5.74) is 0.103. The van der Waals surface area contributed by atoms with Crippen LogP contribution in [0.2, 0.25) is 0 Å². The van der Waals surface area contributed by atoms with Gasteiger partial charge in [0.25, 0.3) is 0 Å². The highest BCUT2D eigenvalue weighted by atomic mass is 16.3. The van der Waals surface area contributed by atoms with E-state index in [9.17, 15) is 20.1 Å². The Morgan fingerprint density at radius 3 is 2.52 bits per heavy atom. The number of allylic oxidation sites excluding steroid dienone is 1. The van der Waals surface area contributed by atoms with Gasteiger partial charge in [-0.25, -0.2) is 0 Å². The fraction of sp³-hybridized carbons (Fsp3) is 0.824. The molecule has 0 radical (unpaired) electrons. The number of aliphatic hydroxyl groups is 3. The average molecular weight is 298 g/mol. The molecule has 0 aromatic carbocycles. The zero-order chi connectivity index (χ0) is 16.0. The van der Waals surface area contributed by atoms with E-state index < -0.39 is 18.1 Å². The van der Waals surface area contributed by atoms with Gasteiger partial charge in [0.15, 0.2) is 0 Å². The molecule has 0 heterocycles. The molecule has 21 heavy (non-hydrogen) atoms. The zero-order valence-electron chi connectivity index (χ0n) is 13.5. The molecule has 0 saturated heterocycles. The third-order valence-electron chi connectivity index (χ3n) is 4.63. The average Bonchev–Trinajstić information content (AvgIpc) is 2.69. The second-order valence-electron chi connectivity index (χ2n) is 7.06. The molecule has 0 aromatic heterocycles. The van der Waals surface area contributed by atoms with Crippen LogP contribution in [-0.2, 0) is 4.79 Å². The standard InChI is InChI=1S/C17H30O4/c1-4-5-8-17(2,3)9-6-13(19)16-12(7-10-18)14(20)11-15(16)21/h6,10,12,14-16,19-21H,4-5,7-9,11H2,1-3H3/t12-,14-,15+,16-/m1/s1. The summed E-state index contributed by atoms with van der Waals surface area (Å²) in [6, 6.07) is 0. The van der Waals surface area contributed by atoms with Crippen molar-refractivity contribution in [3.63, 3.8) is 0 Å². The Kier molecular flexibility index (Phi) is 6.88. The second kappa shape index (κ2) is 7.95. The number of aliphatic hydroxyl groups excluding tert-OH is 3. The zero-order valence-corrected chi connectivity index (χ0v) is 13.5. The number of hydrogen-bond donors (Lipinski definition) is 3. The minimum absolute atomic E-state index is 0.103. The molecule has 1 aliphatic rings.